The highest BCUT2D eigenvalue weighted by Gasteiger charge is 2.54. The molecule has 24 heavy (non-hydrogen) atoms. The normalized spacial score (nSPS) is 26.3. The summed E-state index contributed by atoms with van der Waals surface area (Å²) in [5, 5.41) is 9.60. The Morgan fingerprint density at radius 2 is 2.17 bits per heavy atom. The van der Waals surface area contributed by atoms with Gasteiger partial charge < -0.3 is 10.0 Å². The minimum absolute atomic E-state index is 0.112. The summed E-state index contributed by atoms with van der Waals surface area (Å²) in [6.07, 6.45) is 2.57. The van der Waals surface area contributed by atoms with E-state index in [-0.39, 0.29) is 30.7 Å². The number of nitrogens with zero attached hydrogens (tertiary/aromatic N) is 2. The molecule has 1 aliphatic heterocycles. The smallest absolute Gasteiger partial charge is 0.311 e. The van der Waals surface area contributed by atoms with E-state index in [1.807, 2.05) is 4.90 Å². The third-order valence-corrected chi connectivity index (χ3v) is 5.52. The lowest BCUT2D eigenvalue weighted by atomic mass is 9.81. The van der Waals surface area contributed by atoms with Crippen LogP contribution in [0.3, 0.4) is 0 Å². The molecule has 130 valence electrons. The number of amides is 1. The molecule has 2 atom stereocenters. The summed E-state index contributed by atoms with van der Waals surface area (Å²) in [5.41, 5.74) is -0.196. The average molecular weight is 334 g/mol. The van der Waals surface area contributed by atoms with E-state index in [1.165, 1.54) is 11.0 Å². The third-order valence-electron chi connectivity index (χ3n) is 5.52. The number of hydrogen-bond donors (Lipinski definition) is 1. The maximum absolute atomic E-state index is 13.7. The largest absolute Gasteiger partial charge is 0.481 e. The average Bonchev–Trinajstić information content (AvgIpc) is 3.07. The maximum atomic E-state index is 13.7. The summed E-state index contributed by atoms with van der Waals surface area (Å²) in [6.45, 7) is 1.50. The van der Waals surface area contributed by atoms with Crippen molar-refractivity contribution in [3.05, 3.63) is 35.6 Å². The molecule has 2 aliphatic rings. The van der Waals surface area contributed by atoms with Crippen LogP contribution in [-0.4, -0.2) is 53.5 Å². The predicted octanol–water partition coefficient (Wildman–Crippen LogP) is 1.97. The Hall–Kier alpha value is -1.95. The first-order valence-electron chi connectivity index (χ1n) is 8.35. The molecule has 1 heterocycles. The van der Waals surface area contributed by atoms with Gasteiger partial charge in [0.1, 0.15) is 5.82 Å². The van der Waals surface area contributed by atoms with Crippen LogP contribution in [0.1, 0.15) is 24.8 Å². The van der Waals surface area contributed by atoms with Crippen molar-refractivity contribution in [3.63, 3.8) is 0 Å². The summed E-state index contributed by atoms with van der Waals surface area (Å²) in [7, 11) is 1.65. The molecule has 5 nitrogen and oxygen atoms in total. The first-order valence-corrected chi connectivity index (χ1v) is 8.35. The first-order chi connectivity index (χ1) is 11.4. The third kappa shape index (κ3) is 3.02. The molecule has 1 aliphatic carbocycles. The molecule has 1 N–H and O–H groups in total. The van der Waals surface area contributed by atoms with Crippen LogP contribution in [0.2, 0.25) is 0 Å². The van der Waals surface area contributed by atoms with Gasteiger partial charge in [0.2, 0.25) is 5.91 Å². The SMILES string of the molecule is CN(Cc1ccccc1F)C(=O)CN1C[C@@H]2CCC[C@@]2(C(=O)O)C1. The van der Waals surface area contributed by atoms with Gasteiger partial charge >= 0.3 is 5.97 Å². The fraction of sp³-hybridized carbons (Fsp3) is 0.556. The molecule has 6 heteroatoms. The minimum Gasteiger partial charge on any atom is -0.481 e. The van der Waals surface area contributed by atoms with E-state index in [9.17, 15) is 19.1 Å². The van der Waals surface area contributed by atoms with Gasteiger partial charge in [0.05, 0.1) is 12.0 Å². The van der Waals surface area contributed by atoms with E-state index in [1.54, 1.807) is 25.2 Å². The number of carbonyl (C=O) groups excluding carboxylic acids is 1. The summed E-state index contributed by atoms with van der Waals surface area (Å²) >= 11 is 0. The number of likely N-dealkylation sites (tertiary alicyclic amines) is 1. The summed E-state index contributed by atoms with van der Waals surface area (Å²) in [6, 6.07) is 6.41. The van der Waals surface area contributed by atoms with Crippen molar-refractivity contribution < 1.29 is 19.1 Å². The minimum atomic E-state index is -0.736. The predicted molar refractivity (Wildman–Crippen MR) is 86.7 cm³/mol. The van der Waals surface area contributed by atoms with Gasteiger partial charge in [-0.1, -0.05) is 24.6 Å². The van der Waals surface area contributed by atoms with Gasteiger partial charge in [-0.05, 0) is 24.8 Å². The van der Waals surface area contributed by atoms with Crippen molar-refractivity contribution in [2.45, 2.75) is 25.8 Å². The number of carboxylic acids is 1. The summed E-state index contributed by atoms with van der Waals surface area (Å²) in [4.78, 5) is 27.6. The van der Waals surface area contributed by atoms with Crippen LogP contribution in [0, 0.1) is 17.2 Å². The van der Waals surface area contributed by atoms with E-state index < -0.39 is 11.4 Å². The van der Waals surface area contributed by atoms with Crippen LogP contribution in [-0.2, 0) is 16.1 Å². The Labute approximate surface area is 141 Å². The zero-order chi connectivity index (χ0) is 17.3. The number of halogens is 1. The van der Waals surface area contributed by atoms with Gasteiger partial charge in [0.25, 0.3) is 0 Å². The van der Waals surface area contributed by atoms with Crippen molar-refractivity contribution in [3.8, 4) is 0 Å². The molecular formula is C18H23FN2O3. The number of aliphatic carboxylic acids is 1. The lowest BCUT2D eigenvalue weighted by Gasteiger charge is -2.24. The topological polar surface area (TPSA) is 60.9 Å². The molecule has 1 saturated carbocycles. The Balaban J connectivity index is 1.60. The molecule has 1 aromatic rings. The molecular weight excluding hydrogens is 311 g/mol. The van der Waals surface area contributed by atoms with Gasteiger partial charge in [0.15, 0.2) is 0 Å². The van der Waals surface area contributed by atoms with E-state index in [4.69, 9.17) is 0 Å². The second-order valence-corrected chi connectivity index (χ2v) is 7.06. The number of rotatable bonds is 5. The quantitative estimate of drug-likeness (QED) is 0.894. The van der Waals surface area contributed by atoms with E-state index in [2.05, 4.69) is 0 Å². The fourth-order valence-electron chi connectivity index (χ4n) is 4.15. The number of carbonyl (C=O) groups is 2. The second kappa shape index (κ2) is 6.51. The number of carboxylic acid groups (broad SMARTS) is 1. The first kappa shape index (κ1) is 16.9. The van der Waals surface area contributed by atoms with Gasteiger partial charge in [-0.15, -0.1) is 0 Å². The van der Waals surface area contributed by atoms with Crippen molar-refractivity contribution in [1.29, 1.82) is 0 Å². The van der Waals surface area contributed by atoms with Crippen molar-refractivity contribution >= 4 is 11.9 Å². The number of fused-ring (bicyclic) bond motifs is 1. The molecule has 3 rings (SSSR count). The Bertz CT molecular complexity index is 651. The molecule has 0 bridgehead atoms. The number of hydrogen-bond acceptors (Lipinski definition) is 3. The van der Waals surface area contributed by atoms with Crippen molar-refractivity contribution in [2.24, 2.45) is 11.3 Å². The highest BCUT2D eigenvalue weighted by Crippen LogP contribution is 2.48. The molecule has 0 aromatic heterocycles. The van der Waals surface area contributed by atoms with Gasteiger partial charge in [0, 0.05) is 32.2 Å². The maximum Gasteiger partial charge on any atom is 0.311 e. The van der Waals surface area contributed by atoms with E-state index in [0.29, 0.717) is 25.1 Å². The molecule has 1 aromatic carbocycles. The monoisotopic (exact) mass is 334 g/mol. The van der Waals surface area contributed by atoms with E-state index >= 15 is 0 Å². The standard InChI is InChI=1S/C18H23FN2O3/c1-20(9-13-5-2-3-7-15(13)19)16(22)11-21-10-14-6-4-8-18(14,12-21)17(23)24/h2-3,5,7,14H,4,6,8-12H2,1H3,(H,23,24)/t14-,18+/m0/s1. The van der Waals surface area contributed by atoms with Crippen molar-refractivity contribution in [2.75, 3.05) is 26.7 Å². The molecule has 1 amide bonds. The lowest BCUT2D eigenvalue weighted by Crippen LogP contribution is -2.40. The summed E-state index contributed by atoms with van der Waals surface area (Å²) < 4.78 is 13.7. The Morgan fingerprint density at radius 1 is 1.42 bits per heavy atom. The molecule has 1 saturated heterocycles. The molecule has 0 unspecified atom stereocenters. The van der Waals surface area contributed by atoms with E-state index in [0.717, 1.165) is 12.8 Å². The highest BCUT2D eigenvalue weighted by atomic mass is 19.1. The van der Waals surface area contributed by atoms with Gasteiger partial charge in [-0.3, -0.25) is 14.5 Å². The number of likely N-dealkylation sites (N-methyl/N-ethyl adjacent to an activating group) is 1. The van der Waals surface area contributed by atoms with Gasteiger partial charge in [-0.2, -0.15) is 0 Å². The zero-order valence-corrected chi connectivity index (χ0v) is 13.9. The zero-order valence-electron chi connectivity index (χ0n) is 13.9. The van der Waals surface area contributed by atoms with Crippen LogP contribution in [0.5, 0.6) is 0 Å². The Morgan fingerprint density at radius 3 is 2.83 bits per heavy atom. The van der Waals surface area contributed by atoms with Crippen LogP contribution in [0.15, 0.2) is 24.3 Å². The number of benzene rings is 1. The molecule has 2 fully saturated rings. The second-order valence-electron chi connectivity index (χ2n) is 7.06. The Kier molecular flexibility index (Phi) is 4.58. The summed E-state index contributed by atoms with van der Waals surface area (Å²) in [5.74, 6) is -1.03. The lowest BCUT2D eigenvalue weighted by molar-refractivity contribution is -0.149. The van der Waals surface area contributed by atoms with Gasteiger partial charge in [-0.25, -0.2) is 4.39 Å². The molecule has 0 radical (unpaired) electrons. The van der Waals surface area contributed by atoms with Crippen LogP contribution >= 0.6 is 0 Å². The highest BCUT2D eigenvalue weighted by molar-refractivity contribution is 5.79. The molecule has 0 spiro atoms. The fourth-order valence-corrected chi connectivity index (χ4v) is 4.15. The van der Waals surface area contributed by atoms with Crippen LogP contribution in [0.4, 0.5) is 4.39 Å². The van der Waals surface area contributed by atoms with Crippen LogP contribution in [0.25, 0.3) is 0 Å². The van der Waals surface area contributed by atoms with Crippen molar-refractivity contribution in [1.82, 2.24) is 9.80 Å². The van der Waals surface area contributed by atoms with Crippen LogP contribution < -0.4 is 0 Å².